The quantitative estimate of drug-likeness (QED) is 0.857. The van der Waals surface area contributed by atoms with Gasteiger partial charge >= 0.3 is 5.97 Å². The van der Waals surface area contributed by atoms with Crippen LogP contribution in [0.5, 0.6) is 0 Å². The maximum atomic E-state index is 11.4. The largest absolute Gasteiger partial charge is 0.465 e. The zero-order valence-corrected chi connectivity index (χ0v) is 11.0. The Morgan fingerprint density at radius 1 is 1.50 bits per heavy atom. The van der Waals surface area contributed by atoms with Crippen LogP contribution in [-0.4, -0.2) is 23.0 Å². The van der Waals surface area contributed by atoms with Crippen molar-refractivity contribution in [3.63, 3.8) is 0 Å². The Hall–Kier alpha value is -1.95. The summed E-state index contributed by atoms with van der Waals surface area (Å²) >= 11 is 1.58. The van der Waals surface area contributed by atoms with Crippen LogP contribution in [0.2, 0.25) is 0 Å². The number of pyridine rings is 1. The smallest absolute Gasteiger partial charge is 0.339 e. The molecule has 0 saturated heterocycles. The minimum Gasteiger partial charge on any atom is -0.465 e. The van der Waals surface area contributed by atoms with Crippen LogP contribution in [0.4, 0.5) is 5.82 Å². The molecule has 0 fully saturated rings. The van der Waals surface area contributed by atoms with Crippen molar-refractivity contribution < 1.29 is 9.53 Å². The number of thiazole rings is 1. The molecule has 0 radical (unpaired) electrons. The molecule has 0 aliphatic heterocycles. The Labute approximate surface area is 109 Å². The second-order valence-corrected chi connectivity index (χ2v) is 4.61. The molecule has 6 heteroatoms. The second kappa shape index (κ2) is 5.59. The molecule has 0 aliphatic carbocycles. The second-order valence-electron chi connectivity index (χ2n) is 3.64. The highest BCUT2D eigenvalue weighted by Crippen LogP contribution is 2.13. The minimum atomic E-state index is -0.367. The van der Waals surface area contributed by atoms with Gasteiger partial charge in [0, 0.05) is 11.1 Å². The molecule has 0 aliphatic rings. The van der Waals surface area contributed by atoms with E-state index in [1.54, 1.807) is 35.9 Å². The Morgan fingerprint density at radius 3 is 2.94 bits per heavy atom. The van der Waals surface area contributed by atoms with Gasteiger partial charge in [-0.3, -0.25) is 4.98 Å². The lowest BCUT2D eigenvalue weighted by Crippen LogP contribution is -2.07. The predicted molar refractivity (Wildman–Crippen MR) is 69.8 cm³/mol. The van der Waals surface area contributed by atoms with E-state index in [4.69, 9.17) is 0 Å². The van der Waals surface area contributed by atoms with Gasteiger partial charge in [-0.1, -0.05) is 0 Å². The number of methoxy groups -OCH3 is 1. The summed E-state index contributed by atoms with van der Waals surface area (Å²) in [6, 6.07) is 3.48. The number of hydrogen-bond acceptors (Lipinski definition) is 6. The van der Waals surface area contributed by atoms with E-state index in [-0.39, 0.29) is 5.97 Å². The molecule has 5 nitrogen and oxygen atoms in total. The van der Waals surface area contributed by atoms with Crippen LogP contribution in [0.15, 0.2) is 23.8 Å². The first-order valence-corrected chi connectivity index (χ1v) is 6.26. The summed E-state index contributed by atoms with van der Waals surface area (Å²) in [5.41, 5.74) is 2.92. The monoisotopic (exact) mass is 263 g/mol. The predicted octanol–water partition coefficient (Wildman–Crippen LogP) is 2.25. The van der Waals surface area contributed by atoms with Crippen molar-refractivity contribution in [2.45, 2.75) is 13.5 Å². The molecule has 18 heavy (non-hydrogen) atoms. The van der Waals surface area contributed by atoms with Gasteiger partial charge in [-0.05, 0) is 19.1 Å². The fraction of sp³-hybridized carbons (Fsp3) is 0.250. The number of ether oxygens (including phenoxy) is 1. The topological polar surface area (TPSA) is 64.1 Å². The molecular formula is C12H13N3O2S. The summed E-state index contributed by atoms with van der Waals surface area (Å²) in [5.74, 6) is 0.363. The number of rotatable bonds is 4. The maximum Gasteiger partial charge on any atom is 0.339 e. The number of carbonyl (C=O) groups excluding carboxylic acids is 1. The fourth-order valence-electron chi connectivity index (χ4n) is 1.49. The third kappa shape index (κ3) is 2.84. The molecule has 94 valence electrons. The number of nitrogens with one attached hydrogen (secondary N) is 1. The van der Waals surface area contributed by atoms with Gasteiger partial charge in [-0.15, -0.1) is 11.3 Å². The van der Waals surface area contributed by atoms with E-state index in [1.807, 2.05) is 6.20 Å². The molecule has 0 atom stereocenters. The van der Waals surface area contributed by atoms with Crippen LogP contribution >= 0.6 is 11.3 Å². The molecule has 0 unspecified atom stereocenters. The third-order valence-electron chi connectivity index (χ3n) is 2.42. The third-order valence-corrected chi connectivity index (χ3v) is 3.20. The molecule has 0 saturated carbocycles. The van der Waals surface area contributed by atoms with Gasteiger partial charge < -0.3 is 10.1 Å². The lowest BCUT2D eigenvalue weighted by Gasteiger charge is -2.07. The number of aromatic nitrogens is 2. The highest BCUT2D eigenvalue weighted by atomic mass is 32.1. The Morgan fingerprint density at radius 2 is 2.33 bits per heavy atom. The summed E-state index contributed by atoms with van der Waals surface area (Å²) in [4.78, 5) is 20.8. The molecule has 0 bridgehead atoms. The normalized spacial score (nSPS) is 10.1. The zero-order chi connectivity index (χ0) is 13.0. The minimum absolute atomic E-state index is 0.367. The molecule has 0 amide bonds. The van der Waals surface area contributed by atoms with Gasteiger partial charge in [0.1, 0.15) is 5.82 Å². The number of hydrogen-bond donors (Lipinski definition) is 1. The SMILES string of the molecule is COC(=O)c1ccc(NCc2cncs2)nc1C. The molecule has 0 aromatic carbocycles. The highest BCUT2D eigenvalue weighted by Gasteiger charge is 2.10. The van der Waals surface area contributed by atoms with E-state index in [0.717, 1.165) is 10.7 Å². The molecule has 2 aromatic heterocycles. The molecule has 0 spiro atoms. The van der Waals surface area contributed by atoms with Gasteiger partial charge in [-0.2, -0.15) is 0 Å². The summed E-state index contributed by atoms with van der Waals surface area (Å²) < 4.78 is 4.67. The first-order chi connectivity index (χ1) is 8.70. The summed E-state index contributed by atoms with van der Waals surface area (Å²) in [7, 11) is 1.36. The molecule has 2 heterocycles. The van der Waals surface area contributed by atoms with Crippen molar-refractivity contribution in [3.8, 4) is 0 Å². The maximum absolute atomic E-state index is 11.4. The van der Waals surface area contributed by atoms with E-state index in [9.17, 15) is 4.79 Å². The summed E-state index contributed by atoms with van der Waals surface area (Å²) in [5, 5.41) is 3.18. The van der Waals surface area contributed by atoms with Crippen LogP contribution in [0.1, 0.15) is 20.9 Å². The van der Waals surface area contributed by atoms with Crippen molar-refractivity contribution >= 4 is 23.1 Å². The standard InChI is InChI=1S/C12H13N3O2S/c1-8-10(12(16)17-2)3-4-11(15-8)14-6-9-5-13-7-18-9/h3-5,7H,6H2,1-2H3,(H,14,15). The van der Waals surface area contributed by atoms with Gasteiger partial charge in [0.2, 0.25) is 0 Å². The molecule has 2 aromatic rings. The Kier molecular flexibility index (Phi) is 3.88. The van der Waals surface area contributed by atoms with Crippen molar-refractivity contribution in [2.75, 3.05) is 12.4 Å². The van der Waals surface area contributed by atoms with Gasteiger partial charge in [0.05, 0.1) is 30.4 Å². The number of aryl methyl sites for hydroxylation is 1. The van der Waals surface area contributed by atoms with Crippen LogP contribution < -0.4 is 5.32 Å². The lowest BCUT2D eigenvalue weighted by molar-refractivity contribution is 0.0599. The number of nitrogens with zero attached hydrogens (tertiary/aromatic N) is 2. The van der Waals surface area contributed by atoms with Crippen molar-refractivity contribution in [1.82, 2.24) is 9.97 Å². The van der Waals surface area contributed by atoms with E-state index < -0.39 is 0 Å². The van der Waals surface area contributed by atoms with Gasteiger partial charge in [-0.25, -0.2) is 9.78 Å². The zero-order valence-electron chi connectivity index (χ0n) is 10.1. The first-order valence-electron chi connectivity index (χ1n) is 5.38. The molecule has 2 rings (SSSR count). The molecular weight excluding hydrogens is 250 g/mol. The number of anilines is 1. The van der Waals surface area contributed by atoms with Gasteiger partial charge in [0.15, 0.2) is 0 Å². The van der Waals surface area contributed by atoms with Crippen molar-refractivity contribution in [3.05, 3.63) is 40.0 Å². The summed E-state index contributed by atoms with van der Waals surface area (Å²) in [6.07, 6.45) is 1.81. The van der Waals surface area contributed by atoms with Gasteiger partial charge in [0.25, 0.3) is 0 Å². The fourth-order valence-corrected chi connectivity index (χ4v) is 2.03. The average molecular weight is 263 g/mol. The van der Waals surface area contributed by atoms with E-state index >= 15 is 0 Å². The number of carbonyl (C=O) groups is 1. The van der Waals surface area contributed by atoms with E-state index in [2.05, 4.69) is 20.0 Å². The Bertz CT molecular complexity index is 540. The lowest BCUT2D eigenvalue weighted by atomic mass is 10.2. The van der Waals surface area contributed by atoms with Crippen LogP contribution in [0.3, 0.4) is 0 Å². The molecule has 1 N–H and O–H groups in total. The average Bonchev–Trinajstić information content (AvgIpc) is 2.88. The van der Waals surface area contributed by atoms with E-state index in [0.29, 0.717) is 17.8 Å². The first kappa shape index (κ1) is 12.5. The number of esters is 1. The highest BCUT2D eigenvalue weighted by molar-refractivity contribution is 7.09. The summed E-state index contributed by atoms with van der Waals surface area (Å²) in [6.45, 7) is 2.46. The van der Waals surface area contributed by atoms with Crippen LogP contribution in [0.25, 0.3) is 0 Å². The van der Waals surface area contributed by atoms with E-state index in [1.165, 1.54) is 7.11 Å². The van der Waals surface area contributed by atoms with Crippen molar-refractivity contribution in [2.24, 2.45) is 0 Å². The van der Waals surface area contributed by atoms with Crippen LogP contribution in [0, 0.1) is 6.92 Å². The Balaban J connectivity index is 2.07. The van der Waals surface area contributed by atoms with Crippen molar-refractivity contribution in [1.29, 1.82) is 0 Å². The van der Waals surface area contributed by atoms with Crippen LogP contribution in [-0.2, 0) is 11.3 Å².